The topological polar surface area (TPSA) is 50.4 Å². The van der Waals surface area contributed by atoms with Crippen LogP contribution in [-0.2, 0) is 4.74 Å². The second kappa shape index (κ2) is 8.61. The molecule has 2 aliphatic carbocycles. The Kier molecular flexibility index (Phi) is 7.08. The molecule has 2 rings (SSSR count). The van der Waals surface area contributed by atoms with Crippen molar-refractivity contribution in [2.75, 3.05) is 6.26 Å². The minimum atomic E-state index is -0.427. The summed E-state index contributed by atoms with van der Waals surface area (Å²) in [5.74, 6) is 0. The van der Waals surface area contributed by atoms with Crippen molar-refractivity contribution in [3.63, 3.8) is 0 Å². The van der Waals surface area contributed by atoms with Crippen LogP contribution in [0.5, 0.6) is 0 Å². The first kappa shape index (κ1) is 18.9. The Morgan fingerprint density at radius 3 is 2.43 bits per heavy atom. The summed E-state index contributed by atoms with van der Waals surface area (Å²) in [6.07, 6.45) is 11.8. The number of hydrogen-bond donors (Lipinski definition) is 2. The lowest BCUT2D eigenvalue weighted by molar-refractivity contribution is 0.0487. The van der Waals surface area contributed by atoms with Crippen molar-refractivity contribution in [2.24, 2.45) is 0 Å². The van der Waals surface area contributed by atoms with Crippen LogP contribution in [0.15, 0.2) is 0 Å². The van der Waals surface area contributed by atoms with Gasteiger partial charge in [-0.3, -0.25) is 0 Å². The number of amides is 1. The number of ether oxygens (including phenoxy) is 1. The Morgan fingerprint density at radius 2 is 1.74 bits per heavy atom. The van der Waals surface area contributed by atoms with Crippen molar-refractivity contribution in [1.82, 2.24) is 10.6 Å². The van der Waals surface area contributed by atoms with E-state index in [2.05, 4.69) is 16.9 Å². The van der Waals surface area contributed by atoms with Crippen LogP contribution in [0.1, 0.15) is 72.1 Å². The van der Waals surface area contributed by atoms with Crippen molar-refractivity contribution in [1.29, 1.82) is 0 Å². The summed E-state index contributed by atoms with van der Waals surface area (Å²) in [7, 11) is 0. The Bertz CT molecular complexity index is 384. The van der Waals surface area contributed by atoms with E-state index >= 15 is 0 Å². The minimum Gasteiger partial charge on any atom is -0.444 e. The third kappa shape index (κ3) is 6.54. The predicted octanol–water partition coefficient (Wildman–Crippen LogP) is 4.09. The van der Waals surface area contributed by atoms with E-state index in [-0.39, 0.29) is 12.1 Å². The van der Waals surface area contributed by atoms with E-state index in [1.807, 2.05) is 32.5 Å². The fourth-order valence-electron chi connectivity index (χ4n) is 3.82. The summed E-state index contributed by atoms with van der Waals surface area (Å²) in [5, 5.41) is 7.71. The Morgan fingerprint density at radius 1 is 1.04 bits per heavy atom. The number of carbonyl (C=O) groups excluding carboxylic acids is 1. The van der Waals surface area contributed by atoms with E-state index in [0.717, 1.165) is 18.1 Å². The van der Waals surface area contributed by atoms with Gasteiger partial charge in [-0.1, -0.05) is 12.8 Å². The van der Waals surface area contributed by atoms with E-state index in [4.69, 9.17) is 4.74 Å². The summed E-state index contributed by atoms with van der Waals surface area (Å²) >= 11 is 2.01. The molecule has 2 fully saturated rings. The molecule has 134 valence electrons. The van der Waals surface area contributed by atoms with Gasteiger partial charge >= 0.3 is 6.09 Å². The Balaban J connectivity index is 1.79. The fraction of sp³-hybridized carbons (Fsp3) is 0.944. The van der Waals surface area contributed by atoms with E-state index in [1.54, 1.807) is 0 Å². The molecule has 0 heterocycles. The zero-order chi connectivity index (χ0) is 16.9. The highest BCUT2D eigenvalue weighted by Gasteiger charge is 2.30. The van der Waals surface area contributed by atoms with E-state index in [0.29, 0.717) is 12.1 Å². The molecule has 4 atom stereocenters. The largest absolute Gasteiger partial charge is 0.444 e. The van der Waals surface area contributed by atoms with Gasteiger partial charge in [-0.15, -0.1) is 0 Å². The van der Waals surface area contributed by atoms with Gasteiger partial charge < -0.3 is 15.4 Å². The molecule has 0 aliphatic heterocycles. The number of carbonyl (C=O) groups is 1. The van der Waals surface area contributed by atoms with E-state index < -0.39 is 5.60 Å². The molecule has 0 spiro atoms. The second-order valence-corrected chi connectivity index (χ2v) is 9.12. The average molecular weight is 343 g/mol. The highest BCUT2D eigenvalue weighted by molar-refractivity contribution is 7.99. The van der Waals surface area contributed by atoms with Gasteiger partial charge in [-0.2, -0.15) is 11.8 Å². The van der Waals surface area contributed by atoms with Crippen molar-refractivity contribution in [3.05, 3.63) is 0 Å². The number of rotatable bonds is 4. The quantitative estimate of drug-likeness (QED) is 0.808. The summed E-state index contributed by atoms with van der Waals surface area (Å²) in [6.45, 7) is 5.72. The van der Waals surface area contributed by atoms with Gasteiger partial charge in [0, 0.05) is 23.4 Å². The highest BCUT2D eigenvalue weighted by atomic mass is 32.2. The number of hydrogen-bond acceptors (Lipinski definition) is 4. The summed E-state index contributed by atoms with van der Waals surface area (Å²) < 4.78 is 5.39. The van der Waals surface area contributed by atoms with Crippen LogP contribution in [0.3, 0.4) is 0 Å². The Labute approximate surface area is 145 Å². The van der Waals surface area contributed by atoms with Gasteiger partial charge in [0.15, 0.2) is 0 Å². The zero-order valence-electron chi connectivity index (χ0n) is 15.2. The third-order valence-corrected chi connectivity index (χ3v) is 6.02. The number of alkyl carbamates (subject to hydrolysis) is 1. The fourth-order valence-corrected chi connectivity index (χ4v) is 4.76. The van der Waals surface area contributed by atoms with Gasteiger partial charge in [0.1, 0.15) is 5.60 Å². The molecular formula is C18H34N2O2S. The molecule has 2 aliphatic rings. The summed E-state index contributed by atoms with van der Waals surface area (Å²) in [6, 6.07) is 1.41. The molecule has 4 unspecified atom stereocenters. The van der Waals surface area contributed by atoms with Crippen LogP contribution in [0.2, 0.25) is 0 Å². The normalized spacial score (nSPS) is 32.3. The van der Waals surface area contributed by atoms with Crippen LogP contribution in [-0.4, -0.2) is 41.3 Å². The van der Waals surface area contributed by atoms with Crippen molar-refractivity contribution < 1.29 is 9.53 Å². The molecule has 23 heavy (non-hydrogen) atoms. The molecule has 5 heteroatoms. The molecule has 0 saturated heterocycles. The lowest BCUT2D eigenvalue weighted by atomic mass is 9.88. The maximum absolute atomic E-state index is 12.0. The van der Waals surface area contributed by atoms with Gasteiger partial charge in [0.25, 0.3) is 0 Å². The van der Waals surface area contributed by atoms with Gasteiger partial charge in [0.05, 0.1) is 0 Å². The predicted molar refractivity (Wildman–Crippen MR) is 98.1 cm³/mol. The smallest absolute Gasteiger partial charge is 0.407 e. The van der Waals surface area contributed by atoms with Crippen LogP contribution < -0.4 is 10.6 Å². The first-order valence-corrected chi connectivity index (χ1v) is 10.4. The molecule has 0 aromatic carbocycles. The summed E-state index contributed by atoms with van der Waals surface area (Å²) in [4.78, 5) is 12.0. The SMILES string of the molecule is CSC1CCCCC1NC1CCCC(NC(=O)OC(C)(C)C)C1. The van der Waals surface area contributed by atoms with Gasteiger partial charge in [-0.25, -0.2) is 4.79 Å². The summed E-state index contributed by atoms with van der Waals surface area (Å²) in [5.41, 5.74) is -0.427. The molecule has 0 aromatic rings. The highest BCUT2D eigenvalue weighted by Crippen LogP contribution is 2.29. The Hall–Kier alpha value is -0.420. The monoisotopic (exact) mass is 342 g/mol. The maximum Gasteiger partial charge on any atom is 0.407 e. The lowest BCUT2D eigenvalue weighted by Gasteiger charge is -2.37. The number of nitrogens with one attached hydrogen (secondary N) is 2. The second-order valence-electron chi connectivity index (χ2n) is 8.04. The van der Waals surface area contributed by atoms with Crippen LogP contribution in [0.25, 0.3) is 0 Å². The van der Waals surface area contributed by atoms with Crippen molar-refractivity contribution in [3.8, 4) is 0 Å². The molecule has 0 radical (unpaired) electrons. The van der Waals surface area contributed by atoms with Crippen molar-refractivity contribution >= 4 is 17.9 Å². The first-order valence-electron chi connectivity index (χ1n) is 9.16. The third-order valence-electron chi connectivity index (χ3n) is 4.85. The van der Waals surface area contributed by atoms with Crippen molar-refractivity contribution in [2.45, 2.75) is 101 Å². The average Bonchev–Trinajstić information content (AvgIpc) is 2.46. The molecule has 0 bridgehead atoms. The van der Waals surface area contributed by atoms with Crippen LogP contribution >= 0.6 is 11.8 Å². The molecule has 0 aromatic heterocycles. The van der Waals surface area contributed by atoms with Crippen LogP contribution in [0.4, 0.5) is 4.79 Å². The van der Waals surface area contributed by atoms with Gasteiger partial charge in [0.2, 0.25) is 0 Å². The molecule has 4 nitrogen and oxygen atoms in total. The first-order chi connectivity index (χ1) is 10.9. The standard InChI is InChI=1S/C18H34N2O2S/c1-18(2,3)22-17(21)20-14-9-7-8-13(12-14)19-15-10-5-6-11-16(15)23-4/h13-16,19H,5-12H2,1-4H3,(H,20,21). The molecule has 2 N–H and O–H groups in total. The van der Waals surface area contributed by atoms with Gasteiger partial charge in [-0.05, 0) is 65.6 Å². The van der Waals surface area contributed by atoms with E-state index in [1.165, 1.54) is 38.5 Å². The molecule has 1 amide bonds. The number of thioether (sulfide) groups is 1. The lowest BCUT2D eigenvalue weighted by Crippen LogP contribution is -2.50. The minimum absolute atomic E-state index is 0.243. The molecular weight excluding hydrogens is 308 g/mol. The van der Waals surface area contributed by atoms with Crippen LogP contribution in [0, 0.1) is 0 Å². The zero-order valence-corrected chi connectivity index (χ0v) is 16.0. The maximum atomic E-state index is 12.0. The van der Waals surface area contributed by atoms with E-state index in [9.17, 15) is 4.79 Å². The molecule has 2 saturated carbocycles.